The van der Waals surface area contributed by atoms with Gasteiger partial charge < -0.3 is 5.73 Å². The lowest BCUT2D eigenvalue weighted by Gasteiger charge is -2.19. The van der Waals surface area contributed by atoms with Gasteiger partial charge in [-0.1, -0.05) is 41.5 Å². The van der Waals surface area contributed by atoms with Gasteiger partial charge in [-0.3, -0.25) is 0 Å². The summed E-state index contributed by atoms with van der Waals surface area (Å²) >= 11 is 16.5. The number of benzene rings is 1. The van der Waals surface area contributed by atoms with E-state index in [1.807, 2.05) is 0 Å². The molecule has 0 radical (unpaired) electrons. The first-order valence-corrected chi connectivity index (χ1v) is 8.11. The lowest BCUT2D eigenvalue weighted by molar-refractivity contribution is 0.564. The number of nitrogens with two attached hydrogens (primary N) is 1. The highest BCUT2D eigenvalue weighted by atomic mass is 35.5. The second-order valence-electron chi connectivity index (χ2n) is 4.09. The van der Waals surface area contributed by atoms with Crippen molar-refractivity contribution in [3.05, 3.63) is 33.8 Å². The topological polar surface area (TPSA) is 72.2 Å². The van der Waals surface area contributed by atoms with Gasteiger partial charge in [0.15, 0.2) is 0 Å². The summed E-state index contributed by atoms with van der Waals surface area (Å²) in [5.74, 6) is 0. The summed E-state index contributed by atoms with van der Waals surface area (Å²) in [7, 11) is -3.64. The fourth-order valence-electron chi connectivity index (χ4n) is 1.42. The van der Waals surface area contributed by atoms with E-state index in [0.29, 0.717) is 15.6 Å². The van der Waals surface area contributed by atoms with Crippen molar-refractivity contribution < 1.29 is 8.42 Å². The van der Waals surface area contributed by atoms with E-state index in [1.54, 1.807) is 25.1 Å². The Balaban J connectivity index is 2.97. The third-order valence-electron chi connectivity index (χ3n) is 2.64. The summed E-state index contributed by atoms with van der Waals surface area (Å²) in [5, 5.41) is -0.0676. The van der Waals surface area contributed by atoms with Crippen molar-refractivity contribution in [3.63, 3.8) is 0 Å². The minimum absolute atomic E-state index is 0.0816. The highest BCUT2D eigenvalue weighted by Crippen LogP contribution is 2.26. The van der Waals surface area contributed by atoms with Crippen LogP contribution in [0.1, 0.15) is 25.5 Å². The van der Waals surface area contributed by atoms with Crippen LogP contribution in [0.25, 0.3) is 0 Å². The van der Waals surface area contributed by atoms with Crippen molar-refractivity contribution in [1.82, 2.24) is 4.72 Å². The van der Waals surface area contributed by atoms with Crippen molar-refractivity contribution >= 4 is 50.4 Å². The quantitative estimate of drug-likeness (QED) is 0.808. The van der Waals surface area contributed by atoms with Crippen LogP contribution in [0.4, 0.5) is 0 Å². The predicted octanol–water partition coefficient (Wildman–Crippen LogP) is 2.65. The molecule has 1 rings (SSSR count). The summed E-state index contributed by atoms with van der Waals surface area (Å²) in [5.41, 5.74) is 5.98. The number of rotatable bonds is 5. The third-order valence-corrected chi connectivity index (χ3v) is 5.57. The Morgan fingerprint density at radius 2 is 1.95 bits per heavy atom. The second-order valence-corrected chi connectivity index (χ2v) is 7.44. The lowest BCUT2D eigenvalue weighted by Crippen LogP contribution is -2.41. The van der Waals surface area contributed by atoms with E-state index in [9.17, 15) is 8.42 Å². The molecule has 0 bridgehead atoms. The van der Waals surface area contributed by atoms with Gasteiger partial charge in [0.05, 0.1) is 4.99 Å². The Morgan fingerprint density at radius 3 is 2.42 bits per heavy atom. The first kappa shape index (κ1) is 16.7. The maximum absolute atomic E-state index is 12.0. The smallest absolute Gasteiger partial charge is 0.221 e. The molecule has 0 amide bonds. The summed E-state index contributed by atoms with van der Waals surface area (Å²) in [6, 6.07) is 4.36. The zero-order valence-electron chi connectivity index (χ0n) is 10.4. The molecule has 0 aliphatic heterocycles. The van der Waals surface area contributed by atoms with Gasteiger partial charge in [0.1, 0.15) is 5.25 Å². The van der Waals surface area contributed by atoms with Crippen LogP contribution in [-0.2, 0) is 10.0 Å². The lowest BCUT2D eigenvalue weighted by atomic mass is 10.1. The highest BCUT2D eigenvalue weighted by Gasteiger charge is 2.26. The maximum atomic E-state index is 12.0. The SMILES string of the molecule is CC(NS(=O)(=O)C(C)C(N)=S)c1ccc(Cl)cc1Cl. The molecule has 1 aromatic carbocycles. The van der Waals surface area contributed by atoms with Crippen molar-refractivity contribution in [2.45, 2.75) is 25.1 Å². The van der Waals surface area contributed by atoms with Crippen LogP contribution in [-0.4, -0.2) is 18.7 Å². The van der Waals surface area contributed by atoms with Gasteiger partial charge in [-0.25, -0.2) is 13.1 Å². The molecule has 19 heavy (non-hydrogen) atoms. The van der Waals surface area contributed by atoms with Gasteiger partial charge in [-0.15, -0.1) is 0 Å². The van der Waals surface area contributed by atoms with Crippen LogP contribution < -0.4 is 10.5 Å². The monoisotopic (exact) mass is 340 g/mol. The van der Waals surface area contributed by atoms with Gasteiger partial charge >= 0.3 is 0 Å². The van der Waals surface area contributed by atoms with Crippen LogP contribution >= 0.6 is 35.4 Å². The standard InChI is InChI=1S/C11H14Cl2N2O2S2/c1-6(9-4-3-8(12)5-10(9)13)15-19(16,17)7(2)11(14)18/h3-7,15H,1-2H3,(H2,14,18). The summed E-state index contributed by atoms with van der Waals surface area (Å²) in [4.78, 5) is -0.0816. The van der Waals surface area contributed by atoms with Crippen LogP contribution in [0, 0.1) is 0 Å². The molecule has 0 aliphatic carbocycles. The van der Waals surface area contributed by atoms with Crippen LogP contribution in [0.3, 0.4) is 0 Å². The molecule has 106 valence electrons. The van der Waals surface area contributed by atoms with Crippen molar-refractivity contribution in [1.29, 1.82) is 0 Å². The molecule has 0 aromatic heterocycles. The number of hydrogen-bond donors (Lipinski definition) is 2. The number of nitrogens with one attached hydrogen (secondary N) is 1. The first-order valence-electron chi connectivity index (χ1n) is 5.40. The molecule has 0 spiro atoms. The van der Waals surface area contributed by atoms with E-state index in [2.05, 4.69) is 4.72 Å². The van der Waals surface area contributed by atoms with Gasteiger partial charge in [0, 0.05) is 16.1 Å². The third kappa shape index (κ3) is 4.29. The van der Waals surface area contributed by atoms with Gasteiger partial charge in [-0.2, -0.15) is 0 Å². The molecule has 0 saturated carbocycles. The molecule has 2 unspecified atom stereocenters. The molecule has 0 heterocycles. The molecule has 1 aromatic rings. The molecule has 3 N–H and O–H groups in total. The Hall–Kier alpha value is -0.400. The Labute approximate surface area is 128 Å². The zero-order chi connectivity index (χ0) is 14.8. The Kier molecular flexibility index (Phi) is 5.58. The molecule has 0 aliphatic rings. The van der Waals surface area contributed by atoms with E-state index in [4.69, 9.17) is 41.2 Å². The Bertz CT molecular complexity index is 590. The average molecular weight is 341 g/mol. The predicted molar refractivity (Wildman–Crippen MR) is 83.2 cm³/mol. The molecule has 4 nitrogen and oxygen atoms in total. The number of hydrogen-bond acceptors (Lipinski definition) is 3. The summed E-state index contributed by atoms with van der Waals surface area (Å²) < 4.78 is 26.5. The van der Waals surface area contributed by atoms with E-state index >= 15 is 0 Å². The molecular formula is C11H14Cl2N2O2S2. The van der Waals surface area contributed by atoms with Crippen LogP contribution in [0.15, 0.2) is 18.2 Å². The molecular weight excluding hydrogens is 327 g/mol. The largest absolute Gasteiger partial charge is 0.392 e. The molecule has 0 fully saturated rings. The molecule has 2 atom stereocenters. The van der Waals surface area contributed by atoms with E-state index in [0.717, 1.165) is 0 Å². The minimum atomic E-state index is -3.64. The highest BCUT2D eigenvalue weighted by molar-refractivity contribution is 7.93. The first-order chi connectivity index (χ1) is 8.65. The van der Waals surface area contributed by atoms with Crippen molar-refractivity contribution in [2.75, 3.05) is 0 Å². The van der Waals surface area contributed by atoms with E-state index in [-0.39, 0.29) is 4.99 Å². The summed E-state index contributed by atoms with van der Waals surface area (Å²) in [6.45, 7) is 3.11. The van der Waals surface area contributed by atoms with Crippen LogP contribution in [0.2, 0.25) is 10.0 Å². The summed E-state index contributed by atoms with van der Waals surface area (Å²) in [6.07, 6.45) is 0. The normalized spacial score (nSPS) is 14.9. The van der Waals surface area contributed by atoms with Crippen LogP contribution in [0.5, 0.6) is 0 Å². The Morgan fingerprint density at radius 1 is 1.37 bits per heavy atom. The van der Waals surface area contributed by atoms with Gasteiger partial charge in [0.25, 0.3) is 0 Å². The number of halogens is 2. The maximum Gasteiger partial charge on any atom is 0.221 e. The van der Waals surface area contributed by atoms with Gasteiger partial charge in [0.2, 0.25) is 10.0 Å². The zero-order valence-corrected chi connectivity index (χ0v) is 13.5. The molecule has 0 saturated heterocycles. The fraction of sp³-hybridized carbons (Fsp3) is 0.364. The minimum Gasteiger partial charge on any atom is -0.392 e. The van der Waals surface area contributed by atoms with Crippen molar-refractivity contribution in [2.24, 2.45) is 5.73 Å². The molecule has 8 heteroatoms. The van der Waals surface area contributed by atoms with E-state index < -0.39 is 21.3 Å². The fourth-order valence-corrected chi connectivity index (χ4v) is 3.50. The number of sulfonamides is 1. The van der Waals surface area contributed by atoms with Gasteiger partial charge in [-0.05, 0) is 31.5 Å². The second kappa shape index (κ2) is 6.37. The number of thiocarbonyl (C=S) groups is 1. The van der Waals surface area contributed by atoms with E-state index in [1.165, 1.54) is 6.92 Å². The average Bonchev–Trinajstić information content (AvgIpc) is 2.26. The van der Waals surface area contributed by atoms with Crippen molar-refractivity contribution in [3.8, 4) is 0 Å².